The lowest BCUT2D eigenvalue weighted by Crippen LogP contribution is -2.40. The second kappa shape index (κ2) is 11.2. The summed E-state index contributed by atoms with van der Waals surface area (Å²) in [6.45, 7) is 3.97. The van der Waals surface area contributed by atoms with E-state index in [9.17, 15) is 19.1 Å². The van der Waals surface area contributed by atoms with Crippen LogP contribution >= 0.6 is 12.4 Å². The summed E-state index contributed by atoms with van der Waals surface area (Å²) < 4.78 is 14.9. The van der Waals surface area contributed by atoms with Crippen LogP contribution in [0.3, 0.4) is 0 Å². The van der Waals surface area contributed by atoms with Gasteiger partial charge in [0.25, 0.3) is 11.5 Å². The van der Waals surface area contributed by atoms with Gasteiger partial charge < -0.3 is 19.9 Å². The third kappa shape index (κ3) is 5.68. The molecule has 1 amide bonds. The molecule has 1 fully saturated rings. The number of carbonyl (C=O) groups excluding carboxylic acids is 1. The molecule has 0 atom stereocenters. The van der Waals surface area contributed by atoms with Gasteiger partial charge in [0.1, 0.15) is 11.4 Å². The maximum absolute atomic E-state index is 13.3. The summed E-state index contributed by atoms with van der Waals surface area (Å²) in [4.78, 5) is 28.1. The van der Waals surface area contributed by atoms with E-state index in [-0.39, 0.29) is 54.4 Å². The van der Waals surface area contributed by atoms with Crippen molar-refractivity contribution in [2.24, 2.45) is 0 Å². The number of benzene rings is 1. The maximum atomic E-state index is 13.3. The highest BCUT2D eigenvalue weighted by molar-refractivity contribution is 5.95. The number of nitrogens with one attached hydrogen (secondary N) is 1. The molecular weight excluding hydrogens is 409 g/mol. The lowest BCUT2D eigenvalue weighted by molar-refractivity contribution is 0.0728. The molecule has 164 valence electrons. The van der Waals surface area contributed by atoms with Gasteiger partial charge in [-0.2, -0.15) is 0 Å². The van der Waals surface area contributed by atoms with Gasteiger partial charge in [0.05, 0.1) is 0 Å². The van der Waals surface area contributed by atoms with Crippen LogP contribution in [-0.2, 0) is 6.54 Å². The molecule has 30 heavy (non-hydrogen) atoms. The summed E-state index contributed by atoms with van der Waals surface area (Å²) in [5.41, 5.74) is 1.31. The third-order valence-electron chi connectivity index (χ3n) is 5.40. The van der Waals surface area contributed by atoms with Gasteiger partial charge in [-0.1, -0.05) is 12.1 Å². The zero-order valence-corrected chi connectivity index (χ0v) is 18.0. The second-order valence-corrected chi connectivity index (χ2v) is 7.50. The fourth-order valence-electron chi connectivity index (χ4n) is 3.76. The lowest BCUT2D eigenvalue weighted by atomic mass is 10.0. The van der Waals surface area contributed by atoms with Crippen molar-refractivity contribution in [2.75, 3.05) is 26.2 Å². The molecule has 8 heteroatoms. The minimum Gasteiger partial charge on any atom is -0.396 e. The molecule has 2 N–H and O–H groups in total. The predicted octanol–water partition coefficient (Wildman–Crippen LogP) is 2.67. The van der Waals surface area contributed by atoms with Crippen LogP contribution in [0.4, 0.5) is 4.39 Å². The smallest absolute Gasteiger partial charge is 0.263 e. The van der Waals surface area contributed by atoms with Crippen molar-refractivity contribution in [3.63, 3.8) is 0 Å². The molecule has 2 aromatic rings. The maximum Gasteiger partial charge on any atom is 0.263 e. The number of aromatic nitrogens is 1. The molecule has 1 aromatic heterocycles. The van der Waals surface area contributed by atoms with E-state index in [2.05, 4.69) is 5.32 Å². The van der Waals surface area contributed by atoms with Gasteiger partial charge in [-0.05, 0) is 68.6 Å². The van der Waals surface area contributed by atoms with Crippen LogP contribution in [0.15, 0.2) is 41.3 Å². The molecule has 0 radical (unpaired) electrons. The quantitative estimate of drug-likeness (QED) is 0.698. The van der Waals surface area contributed by atoms with Gasteiger partial charge in [0.15, 0.2) is 0 Å². The van der Waals surface area contributed by atoms with E-state index in [0.29, 0.717) is 18.5 Å². The SMILES string of the molecule is Cc1ccn(C2CCNCC2)c(=O)c1C(=O)N(CCCO)Cc1ccc(F)cc1.Cl. The number of aliphatic hydroxyl groups is 1. The number of amides is 1. The van der Waals surface area contributed by atoms with Gasteiger partial charge in [-0.25, -0.2) is 4.39 Å². The van der Waals surface area contributed by atoms with E-state index < -0.39 is 0 Å². The third-order valence-corrected chi connectivity index (χ3v) is 5.40. The summed E-state index contributed by atoms with van der Waals surface area (Å²) in [5, 5.41) is 12.5. The van der Waals surface area contributed by atoms with Crippen LogP contribution < -0.4 is 10.9 Å². The number of carbonyl (C=O) groups is 1. The lowest BCUT2D eigenvalue weighted by Gasteiger charge is -2.27. The van der Waals surface area contributed by atoms with Crippen molar-refractivity contribution in [1.29, 1.82) is 0 Å². The Kier molecular flexibility index (Phi) is 9.02. The van der Waals surface area contributed by atoms with Crippen LogP contribution in [-0.4, -0.2) is 46.7 Å². The Morgan fingerprint density at radius 2 is 1.90 bits per heavy atom. The number of aryl methyl sites for hydroxylation is 1. The van der Waals surface area contributed by atoms with Crippen LogP contribution in [0.1, 0.15) is 46.8 Å². The Hall–Kier alpha value is -2.22. The molecule has 0 spiro atoms. The molecule has 1 aliphatic rings. The van der Waals surface area contributed by atoms with E-state index >= 15 is 0 Å². The number of pyridine rings is 1. The molecule has 1 saturated heterocycles. The first-order valence-corrected chi connectivity index (χ1v) is 10.1. The molecule has 0 unspecified atom stereocenters. The highest BCUT2D eigenvalue weighted by Gasteiger charge is 2.24. The van der Waals surface area contributed by atoms with Gasteiger partial charge in [0, 0.05) is 31.9 Å². The first-order valence-electron chi connectivity index (χ1n) is 10.1. The van der Waals surface area contributed by atoms with E-state index in [1.165, 1.54) is 12.1 Å². The minimum atomic E-state index is -0.353. The summed E-state index contributed by atoms with van der Waals surface area (Å²) in [5.74, 6) is -0.695. The van der Waals surface area contributed by atoms with Gasteiger partial charge >= 0.3 is 0 Å². The highest BCUT2D eigenvalue weighted by Crippen LogP contribution is 2.18. The molecule has 1 aliphatic heterocycles. The minimum absolute atomic E-state index is 0. The standard InChI is InChI=1S/C22H28FN3O3.ClH/c1-16-9-13-26(19-7-10-24-11-8-19)22(29)20(16)21(28)25(12-2-14-27)15-17-3-5-18(23)6-4-17;/h3-6,9,13,19,24,27H,2,7-8,10-12,14-15H2,1H3;1H. The fourth-order valence-corrected chi connectivity index (χ4v) is 3.76. The Labute approximate surface area is 182 Å². The van der Waals surface area contributed by atoms with Crippen LogP contribution in [0.2, 0.25) is 0 Å². The number of aliphatic hydroxyl groups excluding tert-OH is 1. The molecule has 6 nitrogen and oxygen atoms in total. The molecule has 2 heterocycles. The topological polar surface area (TPSA) is 74.6 Å². The second-order valence-electron chi connectivity index (χ2n) is 7.50. The average molecular weight is 438 g/mol. The van der Waals surface area contributed by atoms with Gasteiger partial charge in [0.2, 0.25) is 0 Å². The normalized spacial score (nSPS) is 14.2. The average Bonchev–Trinajstić information content (AvgIpc) is 2.73. The van der Waals surface area contributed by atoms with E-state index in [1.807, 2.05) is 6.07 Å². The van der Waals surface area contributed by atoms with Gasteiger partial charge in [-0.15, -0.1) is 12.4 Å². The zero-order chi connectivity index (χ0) is 20.8. The number of rotatable bonds is 7. The zero-order valence-electron chi connectivity index (χ0n) is 17.1. The monoisotopic (exact) mass is 437 g/mol. The number of hydrogen-bond donors (Lipinski definition) is 2. The van der Waals surface area contributed by atoms with Crippen molar-refractivity contribution >= 4 is 18.3 Å². The van der Waals surface area contributed by atoms with Crippen LogP contribution in [0.5, 0.6) is 0 Å². The van der Waals surface area contributed by atoms with Crippen LogP contribution in [0, 0.1) is 12.7 Å². The highest BCUT2D eigenvalue weighted by atomic mass is 35.5. The first kappa shape index (κ1) is 24.1. The summed E-state index contributed by atoms with van der Waals surface area (Å²) >= 11 is 0. The van der Waals surface area contributed by atoms with Crippen molar-refractivity contribution in [1.82, 2.24) is 14.8 Å². The predicted molar refractivity (Wildman–Crippen MR) is 117 cm³/mol. The molecule has 0 saturated carbocycles. The first-order chi connectivity index (χ1) is 14.0. The largest absolute Gasteiger partial charge is 0.396 e. The Bertz CT molecular complexity index is 895. The number of nitrogens with zero attached hydrogens (tertiary/aromatic N) is 2. The van der Waals surface area contributed by atoms with Gasteiger partial charge in [-0.3, -0.25) is 9.59 Å². The summed E-state index contributed by atoms with van der Waals surface area (Å²) in [6.07, 6.45) is 3.88. The molecule has 3 rings (SSSR count). The van der Waals surface area contributed by atoms with Crippen LogP contribution in [0.25, 0.3) is 0 Å². The number of piperidine rings is 1. The summed E-state index contributed by atoms with van der Waals surface area (Å²) in [7, 11) is 0. The van der Waals surface area contributed by atoms with Crippen molar-refractivity contribution in [2.45, 2.75) is 38.8 Å². The Morgan fingerprint density at radius 3 is 2.53 bits per heavy atom. The number of hydrogen-bond acceptors (Lipinski definition) is 4. The molecular formula is C22H29ClFN3O3. The van der Waals surface area contributed by atoms with E-state index in [0.717, 1.165) is 31.5 Å². The Morgan fingerprint density at radius 1 is 1.23 bits per heavy atom. The fraction of sp³-hybridized carbons (Fsp3) is 0.455. The molecule has 0 aliphatic carbocycles. The van der Waals surface area contributed by atoms with Crippen molar-refractivity contribution < 1.29 is 14.3 Å². The molecule has 1 aromatic carbocycles. The Balaban J connectivity index is 0.00000320. The molecule has 0 bridgehead atoms. The van der Waals surface area contributed by atoms with Crippen molar-refractivity contribution in [3.05, 3.63) is 69.4 Å². The van der Waals surface area contributed by atoms with E-state index in [4.69, 9.17) is 0 Å². The van der Waals surface area contributed by atoms with E-state index in [1.54, 1.807) is 34.7 Å². The number of halogens is 2. The van der Waals surface area contributed by atoms with Crippen molar-refractivity contribution in [3.8, 4) is 0 Å². The summed E-state index contributed by atoms with van der Waals surface area (Å²) in [6, 6.07) is 7.85.